The van der Waals surface area contributed by atoms with Crippen molar-refractivity contribution in [1.29, 1.82) is 0 Å². The first-order valence-electron chi connectivity index (χ1n) is 9.73. The highest BCUT2D eigenvalue weighted by Gasteiger charge is 2.20. The molecule has 1 heterocycles. The Morgan fingerprint density at radius 1 is 1.04 bits per heavy atom. The van der Waals surface area contributed by atoms with Gasteiger partial charge in [0.05, 0.1) is 13.7 Å². The molecule has 5 heteroatoms. The highest BCUT2D eigenvalue weighted by atomic mass is 32.1. The van der Waals surface area contributed by atoms with Gasteiger partial charge < -0.3 is 9.47 Å². The lowest BCUT2D eigenvalue weighted by molar-refractivity contribution is 0.340. The Morgan fingerprint density at radius 3 is 2.57 bits per heavy atom. The van der Waals surface area contributed by atoms with Crippen LogP contribution in [0.2, 0.25) is 0 Å². The van der Waals surface area contributed by atoms with Crippen LogP contribution >= 0.6 is 12.2 Å². The maximum absolute atomic E-state index is 5.68. The normalized spacial score (nSPS) is 13.1. The standard InChI is InChI=1S/C23H24N2O2S/c1-3-27-18-13-11-17(12-14-18)25-21-10-5-4-9-20(21)23(28)24-22(25)16-7-6-8-19(15-16)26-2/h6-8,11-15H,3-5,9-10H2,1-2H3. The second-order valence-electron chi connectivity index (χ2n) is 6.87. The summed E-state index contributed by atoms with van der Waals surface area (Å²) < 4.78 is 14.0. The van der Waals surface area contributed by atoms with Gasteiger partial charge in [0.25, 0.3) is 0 Å². The van der Waals surface area contributed by atoms with E-state index in [0.717, 1.165) is 46.1 Å². The zero-order chi connectivity index (χ0) is 19.5. The van der Waals surface area contributed by atoms with Gasteiger partial charge in [-0.25, -0.2) is 4.98 Å². The Balaban J connectivity index is 1.95. The Hall–Kier alpha value is -2.66. The average Bonchev–Trinajstić information content (AvgIpc) is 2.75. The summed E-state index contributed by atoms with van der Waals surface area (Å²) in [6, 6.07) is 16.2. The van der Waals surface area contributed by atoms with E-state index < -0.39 is 0 Å². The first-order valence-corrected chi connectivity index (χ1v) is 10.1. The molecular formula is C23H24N2O2S. The predicted molar refractivity (Wildman–Crippen MR) is 114 cm³/mol. The van der Waals surface area contributed by atoms with Crippen LogP contribution in [0.1, 0.15) is 31.0 Å². The van der Waals surface area contributed by atoms with E-state index >= 15 is 0 Å². The SMILES string of the molecule is CCOc1ccc(-n2c(-c3cccc(OC)c3)nc(=S)c3c2CCCC3)cc1. The zero-order valence-electron chi connectivity index (χ0n) is 16.3. The highest BCUT2D eigenvalue weighted by molar-refractivity contribution is 7.71. The van der Waals surface area contributed by atoms with Crippen LogP contribution in [0.25, 0.3) is 17.1 Å². The third-order valence-corrected chi connectivity index (χ3v) is 5.46. The summed E-state index contributed by atoms with van der Waals surface area (Å²) in [7, 11) is 1.68. The van der Waals surface area contributed by atoms with Crippen LogP contribution in [-0.2, 0) is 12.8 Å². The van der Waals surface area contributed by atoms with Crippen LogP contribution in [-0.4, -0.2) is 23.3 Å². The minimum Gasteiger partial charge on any atom is -0.497 e. The number of hydrogen-bond donors (Lipinski definition) is 0. The third-order valence-electron chi connectivity index (χ3n) is 5.12. The van der Waals surface area contributed by atoms with Gasteiger partial charge in [-0.15, -0.1) is 0 Å². The van der Waals surface area contributed by atoms with Crippen LogP contribution in [0.5, 0.6) is 11.5 Å². The smallest absolute Gasteiger partial charge is 0.146 e. The quantitative estimate of drug-likeness (QED) is 0.533. The van der Waals surface area contributed by atoms with Crippen molar-refractivity contribution in [2.24, 2.45) is 0 Å². The fraction of sp³-hybridized carbons (Fsp3) is 0.304. The molecule has 0 saturated carbocycles. The van der Waals surface area contributed by atoms with Gasteiger partial charge in [0.2, 0.25) is 0 Å². The summed E-state index contributed by atoms with van der Waals surface area (Å²) in [4.78, 5) is 4.86. The molecule has 1 aliphatic carbocycles. The molecule has 0 N–H and O–H groups in total. The van der Waals surface area contributed by atoms with Crippen molar-refractivity contribution in [3.05, 3.63) is 64.4 Å². The van der Waals surface area contributed by atoms with Gasteiger partial charge >= 0.3 is 0 Å². The topological polar surface area (TPSA) is 36.3 Å². The van der Waals surface area contributed by atoms with E-state index in [1.165, 1.54) is 24.1 Å². The van der Waals surface area contributed by atoms with E-state index in [4.69, 9.17) is 26.7 Å². The number of hydrogen-bond acceptors (Lipinski definition) is 4. The van der Waals surface area contributed by atoms with Crippen molar-refractivity contribution in [2.75, 3.05) is 13.7 Å². The molecule has 0 aliphatic heterocycles. The number of rotatable bonds is 5. The number of ether oxygens (including phenoxy) is 2. The molecule has 144 valence electrons. The lowest BCUT2D eigenvalue weighted by Gasteiger charge is -2.25. The van der Waals surface area contributed by atoms with Gasteiger partial charge in [0.15, 0.2) is 0 Å². The van der Waals surface area contributed by atoms with Crippen LogP contribution in [0.15, 0.2) is 48.5 Å². The Kier molecular flexibility index (Phi) is 5.44. The van der Waals surface area contributed by atoms with E-state index in [-0.39, 0.29) is 0 Å². The van der Waals surface area contributed by atoms with E-state index in [2.05, 4.69) is 22.8 Å². The second kappa shape index (κ2) is 8.15. The lowest BCUT2D eigenvalue weighted by Crippen LogP contribution is -2.17. The maximum atomic E-state index is 5.68. The van der Waals surface area contributed by atoms with Crippen molar-refractivity contribution in [1.82, 2.24) is 9.55 Å². The van der Waals surface area contributed by atoms with Crippen LogP contribution in [0, 0.1) is 4.64 Å². The minimum atomic E-state index is 0.656. The molecule has 0 saturated heterocycles. The van der Waals surface area contributed by atoms with Crippen molar-refractivity contribution < 1.29 is 9.47 Å². The van der Waals surface area contributed by atoms with Crippen molar-refractivity contribution >= 4 is 12.2 Å². The molecule has 2 aromatic carbocycles. The molecule has 0 unspecified atom stereocenters. The molecule has 0 atom stereocenters. The number of nitrogens with zero attached hydrogens (tertiary/aromatic N) is 2. The van der Waals surface area contributed by atoms with Gasteiger partial charge in [-0.1, -0.05) is 24.4 Å². The zero-order valence-corrected chi connectivity index (χ0v) is 17.1. The van der Waals surface area contributed by atoms with E-state index in [1.54, 1.807) is 7.11 Å². The Labute approximate surface area is 170 Å². The third kappa shape index (κ3) is 3.54. The molecule has 0 bridgehead atoms. The molecule has 0 fully saturated rings. The average molecular weight is 393 g/mol. The fourth-order valence-corrected chi connectivity index (χ4v) is 4.11. The summed E-state index contributed by atoms with van der Waals surface area (Å²) in [6.07, 6.45) is 4.34. The summed E-state index contributed by atoms with van der Waals surface area (Å²) in [6.45, 7) is 2.65. The summed E-state index contributed by atoms with van der Waals surface area (Å²) in [5.41, 5.74) is 4.55. The fourth-order valence-electron chi connectivity index (χ4n) is 3.80. The molecule has 0 spiro atoms. The Morgan fingerprint density at radius 2 is 1.82 bits per heavy atom. The van der Waals surface area contributed by atoms with Crippen LogP contribution < -0.4 is 9.47 Å². The van der Waals surface area contributed by atoms with Gasteiger partial charge in [0, 0.05) is 22.5 Å². The molecule has 1 aromatic heterocycles. The van der Waals surface area contributed by atoms with Crippen molar-refractivity contribution in [3.63, 3.8) is 0 Å². The second-order valence-corrected chi connectivity index (χ2v) is 7.25. The maximum Gasteiger partial charge on any atom is 0.146 e. The molecule has 3 aromatic rings. The van der Waals surface area contributed by atoms with Gasteiger partial charge in [-0.2, -0.15) is 0 Å². The van der Waals surface area contributed by atoms with Crippen molar-refractivity contribution in [3.8, 4) is 28.6 Å². The Bertz CT molecular complexity index is 1040. The predicted octanol–water partition coefficient (Wildman–Crippen LogP) is 5.55. The summed E-state index contributed by atoms with van der Waals surface area (Å²) in [5.74, 6) is 2.53. The molecule has 1 aliphatic rings. The van der Waals surface area contributed by atoms with E-state index in [0.29, 0.717) is 6.61 Å². The number of aromatic nitrogens is 2. The minimum absolute atomic E-state index is 0.656. The molecule has 0 amide bonds. The number of methoxy groups -OCH3 is 1. The molecule has 4 nitrogen and oxygen atoms in total. The first kappa shape index (κ1) is 18.7. The van der Waals surface area contributed by atoms with Crippen molar-refractivity contribution in [2.45, 2.75) is 32.6 Å². The highest BCUT2D eigenvalue weighted by Crippen LogP contribution is 2.32. The lowest BCUT2D eigenvalue weighted by atomic mass is 9.96. The van der Waals surface area contributed by atoms with E-state index in [9.17, 15) is 0 Å². The largest absolute Gasteiger partial charge is 0.497 e. The van der Waals surface area contributed by atoms with Gasteiger partial charge in [0.1, 0.15) is 22.0 Å². The summed E-state index contributed by atoms with van der Waals surface area (Å²) in [5, 5.41) is 0. The van der Waals surface area contributed by atoms with Gasteiger partial charge in [-0.05, 0) is 69.0 Å². The summed E-state index contributed by atoms with van der Waals surface area (Å²) >= 11 is 5.68. The van der Waals surface area contributed by atoms with E-state index in [1.807, 2.05) is 37.3 Å². The first-order chi connectivity index (χ1) is 13.7. The van der Waals surface area contributed by atoms with Crippen LogP contribution in [0.3, 0.4) is 0 Å². The number of fused-ring (bicyclic) bond motifs is 1. The molecule has 28 heavy (non-hydrogen) atoms. The number of benzene rings is 2. The molecular weight excluding hydrogens is 368 g/mol. The monoisotopic (exact) mass is 392 g/mol. The molecule has 0 radical (unpaired) electrons. The van der Waals surface area contributed by atoms with Gasteiger partial charge in [-0.3, -0.25) is 4.57 Å². The molecule has 4 rings (SSSR count). The van der Waals surface area contributed by atoms with Crippen LogP contribution in [0.4, 0.5) is 0 Å².